The molecule has 0 aliphatic rings. The van der Waals surface area contributed by atoms with Crippen LogP contribution in [0.1, 0.15) is 5.56 Å². The standard InChI is InChI=1S/C14H14FNO3S/c1-19-14-8-7-12(9-13(14)15)20(17,18)16-10-11-5-3-2-4-6-11/h2-9,16H,10H2,1H3. The van der Waals surface area contributed by atoms with Gasteiger partial charge in [-0.3, -0.25) is 0 Å². The second-order valence-corrected chi connectivity index (χ2v) is 5.87. The molecule has 0 aromatic heterocycles. The van der Waals surface area contributed by atoms with E-state index in [4.69, 9.17) is 4.74 Å². The van der Waals surface area contributed by atoms with Gasteiger partial charge in [0.25, 0.3) is 0 Å². The van der Waals surface area contributed by atoms with E-state index in [1.54, 1.807) is 12.1 Å². The average molecular weight is 295 g/mol. The van der Waals surface area contributed by atoms with Crippen LogP contribution in [0.2, 0.25) is 0 Å². The highest BCUT2D eigenvalue weighted by molar-refractivity contribution is 7.89. The van der Waals surface area contributed by atoms with E-state index in [-0.39, 0.29) is 17.2 Å². The molecular formula is C14H14FNO3S. The number of methoxy groups -OCH3 is 1. The Morgan fingerprint density at radius 2 is 1.85 bits per heavy atom. The Hall–Kier alpha value is -1.92. The molecule has 0 atom stereocenters. The van der Waals surface area contributed by atoms with Gasteiger partial charge >= 0.3 is 0 Å². The zero-order chi connectivity index (χ0) is 14.6. The summed E-state index contributed by atoms with van der Waals surface area (Å²) in [6, 6.07) is 12.6. The van der Waals surface area contributed by atoms with Gasteiger partial charge in [-0.05, 0) is 23.8 Å². The smallest absolute Gasteiger partial charge is 0.240 e. The molecule has 6 heteroatoms. The molecule has 0 aliphatic carbocycles. The molecule has 0 saturated heterocycles. The van der Waals surface area contributed by atoms with E-state index in [9.17, 15) is 12.8 Å². The number of hydrogen-bond donors (Lipinski definition) is 1. The van der Waals surface area contributed by atoms with Gasteiger partial charge in [0.15, 0.2) is 11.6 Å². The van der Waals surface area contributed by atoms with Gasteiger partial charge < -0.3 is 4.74 Å². The molecule has 0 amide bonds. The molecule has 0 radical (unpaired) electrons. The molecule has 0 spiro atoms. The average Bonchev–Trinajstić information content (AvgIpc) is 2.46. The maximum atomic E-state index is 13.5. The van der Waals surface area contributed by atoms with E-state index in [0.29, 0.717) is 0 Å². The van der Waals surface area contributed by atoms with Crippen LogP contribution in [0.3, 0.4) is 0 Å². The first-order valence-corrected chi connectivity index (χ1v) is 7.38. The van der Waals surface area contributed by atoms with Crippen molar-refractivity contribution in [3.63, 3.8) is 0 Å². The predicted octanol–water partition coefficient (Wildman–Crippen LogP) is 2.31. The maximum Gasteiger partial charge on any atom is 0.240 e. The quantitative estimate of drug-likeness (QED) is 0.921. The Balaban J connectivity index is 2.16. The van der Waals surface area contributed by atoms with Gasteiger partial charge in [-0.2, -0.15) is 0 Å². The Bertz CT molecular complexity index is 687. The van der Waals surface area contributed by atoms with Gasteiger partial charge in [0.05, 0.1) is 12.0 Å². The van der Waals surface area contributed by atoms with E-state index in [1.807, 2.05) is 18.2 Å². The molecule has 1 N–H and O–H groups in total. The SMILES string of the molecule is COc1ccc(S(=O)(=O)NCc2ccccc2)cc1F. The zero-order valence-electron chi connectivity index (χ0n) is 10.8. The van der Waals surface area contributed by atoms with Gasteiger partial charge in [-0.1, -0.05) is 30.3 Å². The Kier molecular flexibility index (Phi) is 4.36. The minimum atomic E-state index is -3.75. The molecule has 0 fully saturated rings. The molecule has 0 bridgehead atoms. The number of ether oxygens (including phenoxy) is 1. The zero-order valence-corrected chi connectivity index (χ0v) is 11.7. The van der Waals surface area contributed by atoms with Crippen LogP contribution in [0, 0.1) is 5.82 Å². The lowest BCUT2D eigenvalue weighted by Crippen LogP contribution is -2.23. The molecule has 106 valence electrons. The van der Waals surface area contributed by atoms with Crippen molar-refractivity contribution in [2.24, 2.45) is 0 Å². The van der Waals surface area contributed by atoms with Crippen LogP contribution >= 0.6 is 0 Å². The molecule has 0 heterocycles. The van der Waals surface area contributed by atoms with Gasteiger partial charge in [-0.25, -0.2) is 17.5 Å². The van der Waals surface area contributed by atoms with Gasteiger partial charge in [0.1, 0.15) is 0 Å². The Labute approximate surface area is 117 Å². The lowest BCUT2D eigenvalue weighted by Gasteiger charge is -2.08. The highest BCUT2D eigenvalue weighted by atomic mass is 32.2. The molecule has 0 aliphatic heterocycles. The third-order valence-corrected chi connectivity index (χ3v) is 4.14. The molecule has 0 saturated carbocycles. The molecule has 20 heavy (non-hydrogen) atoms. The Morgan fingerprint density at radius 1 is 1.15 bits per heavy atom. The first-order valence-electron chi connectivity index (χ1n) is 5.90. The van der Waals surface area contributed by atoms with Crippen LogP contribution < -0.4 is 9.46 Å². The van der Waals surface area contributed by atoms with Crippen LogP contribution in [0.25, 0.3) is 0 Å². The van der Waals surface area contributed by atoms with Crippen molar-refractivity contribution in [1.82, 2.24) is 4.72 Å². The largest absolute Gasteiger partial charge is 0.494 e. The molecule has 0 unspecified atom stereocenters. The van der Waals surface area contributed by atoms with Crippen molar-refractivity contribution in [3.05, 3.63) is 59.9 Å². The van der Waals surface area contributed by atoms with Gasteiger partial charge in [-0.15, -0.1) is 0 Å². The Morgan fingerprint density at radius 3 is 2.45 bits per heavy atom. The van der Waals surface area contributed by atoms with E-state index < -0.39 is 15.8 Å². The van der Waals surface area contributed by atoms with Crippen molar-refractivity contribution >= 4 is 10.0 Å². The fourth-order valence-electron chi connectivity index (χ4n) is 1.67. The lowest BCUT2D eigenvalue weighted by molar-refractivity contribution is 0.385. The molecule has 2 rings (SSSR count). The molecule has 2 aromatic rings. The third kappa shape index (κ3) is 3.34. The van der Waals surface area contributed by atoms with Gasteiger partial charge in [0.2, 0.25) is 10.0 Å². The summed E-state index contributed by atoms with van der Waals surface area (Å²) in [5.41, 5.74) is 0.824. The minimum absolute atomic E-state index is 0.00649. The first-order chi connectivity index (χ1) is 9.53. The van der Waals surface area contributed by atoms with Crippen molar-refractivity contribution in [2.75, 3.05) is 7.11 Å². The van der Waals surface area contributed by atoms with Crippen LogP contribution in [0.4, 0.5) is 4.39 Å². The van der Waals surface area contributed by atoms with E-state index in [2.05, 4.69) is 4.72 Å². The van der Waals surface area contributed by atoms with Crippen LogP contribution in [0.15, 0.2) is 53.4 Å². The fraction of sp³-hybridized carbons (Fsp3) is 0.143. The monoisotopic (exact) mass is 295 g/mol. The van der Waals surface area contributed by atoms with Crippen molar-refractivity contribution in [1.29, 1.82) is 0 Å². The van der Waals surface area contributed by atoms with Crippen molar-refractivity contribution in [2.45, 2.75) is 11.4 Å². The number of rotatable bonds is 5. The first kappa shape index (κ1) is 14.5. The summed E-state index contributed by atoms with van der Waals surface area (Å²) in [5.74, 6) is -0.706. The summed E-state index contributed by atoms with van der Waals surface area (Å²) in [6.45, 7) is 0.150. The molecule has 4 nitrogen and oxygen atoms in total. The van der Waals surface area contributed by atoms with Crippen LogP contribution in [-0.4, -0.2) is 15.5 Å². The highest BCUT2D eigenvalue weighted by Crippen LogP contribution is 2.20. The number of nitrogens with one attached hydrogen (secondary N) is 1. The summed E-state index contributed by atoms with van der Waals surface area (Å²) in [4.78, 5) is -0.133. The maximum absolute atomic E-state index is 13.5. The summed E-state index contributed by atoms with van der Waals surface area (Å²) < 4.78 is 44.8. The summed E-state index contributed by atoms with van der Waals surface area (Å²) in [5, 5.41) is 0. The second-order valence-electron chi connectivity index (χ2n) is 4.11. The summed E-state index contributed by atoms with van der Waals surface area (Å²) >= 11 is 0. The molecule has 2 aromatic carbocycles. The lowest BCUT2D eigenvalue weighted by atomic mass is 10.2. The number of halogens is 1. The van der Waals surface area contributed by atoms with E-state index >= 15 is 0 Å². The normalized spacial score (nSPS) is 11.3. The minimum Gasteiger partial charge on any atom is -0.494 e. The summed E-state index contributed by atoms with van der Waals surface area (Å²) in [7, 11) is -2.43. The highest BCUT2D eigenvalue weighted by Gasteiger charge is 2.16. The van der Waals surface area contributed by atoms with E-state index in [1.165, 1.54) is 19.2 Å². The van der Waals surface area contributed by atoms with Crippen LogP contribution in [-0.2, 0) is 16.6 Å². The van der Waals surface area contributed by atoms with E-state index in [0.717, 1.165) is 11.6 Å². The predicted molar refractivity (Wildman–Crippen MR) is 73.4 cm³/mol. The van der Waals surface area contributed by atoms with Crippen molar-refractivity contribution in [3.8, 4) is 5.75 Å². The van der Waals surface area contributed by atoms with Gasteiger partial charge in [0, 0.05) is 6.54 Å². The number of sulfonamides is 1. The van der Waals surface area contributed by atoms with Crippen LogP contribution in [0.5, 0.6) is 5.75 Å². The number of hydrogen-bond acceptors (Lipinski definition) is 3. The third-order valence-electron chi connectivity index (χ3n) is 2.74. The van der Waals surface area contributed by atoms with Crippen molar-refractivity contribution < 1.29 is 17.5 Å². The fourth-order valence-corrected chi connectivity index (χ4v) is 2.70. The summed E-state index contributed by atoms with van der Waals surface area (Å²) in [6.07, 6.45) is 0. The molecular weight excluding hydrogens is 281 g/mol. The number of benzene rings is 2. The topological polar surface area (TPSA) is 55.4 Å². The second kappa shape index (κ2) is 6.02.